The topological polar surface area (TPSA) is 42.4 Å². The maximum atomic E-state index is 12.7. The molecule has 0 N–H and O–H groups in total. The van der Waals surface area contributed by atoms with Gasteiger partial charge in [0.25, 0.3) is 5.91 Å². The van der Waals surface area contributed by atoms with E-state index in [0.29, 0.717) is 23.7 Å². The van der Waals surface area contributed by atoms with Gasteiger partial charge in [0.1, 0.15) is 5.75 Å². The molecule has 0 saturated heterocycles. The zero-order chi connectivity index (χ0) is 13.9. The van der Waals surface area contributed by atoms with Gasteiger partial charge in [-0.15, -0.1) is 0 Å². The van der Waals surface area contributed by atoms with Crippen LogP contribution in [0.15, 0.2) is 42.7 Å². The van der Waals surface area contributed by atoms with Gasteiger partial charge in [-0.1, -0.05) is 23.7 Å². The van der Waals surface area contributed by atoms with E-state index in [9.17, 15) is 4.79 Å². The molecule has 1 aliphatic heterocycles. The fourth-order valence-electron chi connectivity index (χ4n) is 2.22. The van der Waals surface area contributed by atoms with Gasteiger partial charge in [-0.05, 0) is 24.6 Å². The van der Waals surface area contributed by atoms with Crippen LogP contribution in [0.5, 0.6) is 5.75 Å². The van der Waals surface area contributed by atoms with E-state index in [2.05, 4.69) is 4.98 Å². The average molecular weight is 289 g/mol. The SMILES string of the molecule is O=C(c1cnccc1Cl)N1CCCOc2ccccc21. The summed E-state index contributed by atoms with van der Waals surface area (Å²) in [5.41, 5.74) is 1.18. The molecule has 0 atom stereocenters. The summed E-state index contributed by atoms with van der Waals surface area (Å²) in [6.07, 6.45) is 3.84. The second-order valence-electron chi connectivity index (χ2n) is 4.48. The Morgan fingerprint density at radius 3 is 3.00 bits per heavy atom. The summed E-state index contributed by atoms with van der Waals surface area (Å²) in [7, 11) is 0. The van der Waals surface area contributed by atoms with Crippen molar-refractivity contribution in [3.05, 3.63) is 53.3 Å². The zero-order valence-corrected chi connectivity index (χ0v) is 11.5. The van der Waals surface area contributed by atoms with Crippen LogP contribution in [0.1, 0.15) is 16.8 Å². The highest BCUT2D eigenvalue weighted by Gasteiger charge is 2.24. The molecular weight excluding hydrogens is 276 g/mol. The van der Waals surface area contributed by atoms with E-state index in [1.54, 1.807) is 17.2 Å². The summed E-state index contributed by atoms with van der Waals surface area (Å²) >= 11 is 6.09. The summed E-state index contributed by atoms with van der Waals surface area (Å²) in [5, 5.41) is 0.410. The number of carbonyl (C=O) groups is 1. The Morgan fingerprint density at radius 2 is 2.15 bits per heavy atom. The van der Waals surface area contributed by atoms with Gasteiger partial charge in [0, 0.05) is 18.9 Å². The number of amides is 1. The monoisotopic (exact) mass is 288 g/mol. The number of benzene rings is 1. The molecular formula is C15H13ClN2O2. The van der Waals surface area contributed by atoms with Crippen LogP contribution in [-0.4, -0.2) is 24.0 Å². The van der Waals surface area contributed by atoms with Crippen LogP contribution in [0, 0.1) is 0 Å². The minimum atomic E-state index is -0.152. The molecule has 0 fully saturated rings. The highest BCUT2D eigenvalue weighted by Crippen LogP contribution is 2.32. The molecule has 4 nitrogen and oxygen atoms in total. The van der Waals surface area contributed by atoms with E-state index in [1.807, 2.05) is 24.3 Å². The zero-order valence-electron chi connectivity index (χ0n) is 10.8. The molecule has 1 amide bonds. The first-order valence-corrected chi connectivity index (χ1v) is 6.78. The molecule has 2 aromatic rings. The molecule has 0 aliphatic carbocycles. The average Bonchev–Trinajstić information content (AvgIpc) is 2.69. The number of halogens is 1. The molecule has 20 heavy (non-hydrogen) atoms. The fraction of sp³-hybridized carbons (Fsp3) is 0.200. The van der Waals surface area contributed by atoms with Crippen molar-refractivity contribution in [1.29, 1.82) is 0 Å². The number of hydrogen-bond donors (Lipinski definition) is 0. The smallest absolute Gasteiger partial charge is 0.261 e. The first kappa shape index (κ1) is 12.9. The predicted molar refractivity (Wildman–Crippen MR) is 77.5 cm³/mol. The van der Waals surface area contributed by atoms with Crippen LogP contribution < -0.4 is 9.64 Å². The lowest BCUT2D eigenvalue weighted by molar-refractivity contribution is 0.0987. The van der Waals surface area contributed by atoms with Crippen molar-refractivity contribution in [2.45, 2.75) is 6.42 Å². The van der Waals surface area contributed by atoms with Gasteiger partial charge in [-0.2, -0.15) is 0 Å². The minimum Gasteiger partial charge on any atom is -0.491 e. The standard InChI is InChI=1S/C15H13ClN2O2/c16-12-6-7-17-10-11(12)15(19)18-8-3-9-20-14-5-2-1-4-13(14)18/h1-2,4-7,10H,3,8-9H2. The first-order chi connectivity index (χ1) is 9.77. The Hall–Kier alpha value is -2.07. The number of pyridine rings is 1. The van der Waals surface area contributed by atoms with Crippen LogP contribution in [0.2, 0.25) is 5.02 Å². The van der Waals surface area contributed by atoms with Crippen molar-refractivity contribution in [3.63, 3.8) is 0 Å². The second kappa shape index (κ2) is 5.51. The maximum absolute atomic E-state index is 12.7. The van der Waals surface area contributed by atoms with E-state index in [4.69, 9.17) is 16.3 Å². The molecule has 102 valence electrons. The van der Waals surface area contributed by atoms with E-state index in [-0.39, 0.29) is 5.91 Å². The third kappa shape index (κ3) is 2.34. The van der Waals surface area contributed by atoms with E-state index < -0.39 is 0 Å². The van der Waals surface area contributed by atoms with Crippen molar-refractivity contribution in [2.24, 2.45) is 0 Å². The van der Waals surface area contributed by atoms with Gasteiger partial charge in [-0.3, -0.25) is 9.78 Å². The molecule has 1 aromatic carbocycles. The summed E-state index contributed by atoms with van der Waals surface area (Å²) < 4.78 is 5.65. The molecule has 1 aliphatic rings. The van der Waals surface area contributed by atoms with Gasteiger partial charge in [0.15, 0.2) is 0 Å². The molecule has 3 rings (SSSR count). The third-order valence-corrected chi connectivity index (χ3v) is 3.51. The predicted octanol–water partition coefficient (Wildman–Crippen LogP) is 3.16. The Morgan fingerprint density at radius 1 is 1.30 bits per heavy atom. The number of fused-ring (bicyclic) bond motifs is 1. The van der Waals surface area contributed by atoms with Crippen LogP contribution in [-0.2, 0) is 0 Å². The number of rotatable bonds is 1. The Labute approximate surface area is 122 Å². The summed E-state index contributed by atoms with van der Waals surface area (Å²) in [5.74, 6) is 0.569. The van der Waals surface area contributed by atoms with Crippen molar-refractivity contribution >= 4 is 23.2 Å². The fourth-order valence-corrected chi connectivity index (χ4v) is 2.40. The lowest BCUT2D eigenvalue weighted by Crippen LogP contribution is -2.31. The van der Waals surface area contributed by atoms with Crippen LogP contribution in [0.25, 0.3) is 0 Å². The van der Waals surface area contributed by atoms with E-state index in [0.717, 1.165) is 17.9 Å². The molecule has 0 saturated carbocycles. The Kier molecular flexibility index (Phi) is 3.56. The molecule has 1 aromatic heterocycles. The van der Waals surface area contributed by atoms with Gasteiger partial charge in [0.2, 0.25) is 0 Å². The molecule has 0 spiro atoms. The van der Waals surface area contributed by atoms with Gasteiger partial charge >= 0.3 is 0 Å². The molecule has 0 radical (unpaired) electrons. The quantitative estimate of drug-likeness (QED) is 0.809. The summed E-state index contributed by atoms with van der Waals surface area (Å²) in [4.78, 5) is 18.4. The van der Waals surface area contributed by atoms with Crippen LogP contribution in [0.4, 0.5) is 5.69 Å². The lowest BCUT2D eigenvalue weighted by Gasteiger charge is -2.22. The number of para-hydroxylation sites is 2. The number of aromatic nitrogens is 1. The summed E-state index contributed by atoms with van der Waals surface area (Å²) in [6, 6.07) is 9.14. The molecule has 0 unspecified atom stereocenters. The van der Waals surface area contributed by atoms with E-state index >= 15 is 0 Å². The Bertz CT molecular complexity index is 645. The van der Waals surface area contributed by atoms with Gasteiger partial charge < -0.3 is 9.64 Å². The van der Waals surface area contributed by atoms with E-state index in [1.165, 1.54) is 6.20 Å². The highest BCUT2D eigenvalue weighted by atomic mass is 35.5. The molecule has 0 bridgehead atoms. The summed E-state index contributed by atoms with van der Waals surface area (Å²) in [6.45, 7) is 1.20. The minimum absolute atomic E-state index is 0.152. The largest absolute Gasteiger partial charge is 0.491 e. The van der Waals surface area contributed by atoms with Crippen molar-refractivity contribution in [2.75, 3.05) is 18.1 Å². The second-order valence-corrected chi connectivity index (χ2v) is 4.89. The van der Waals surface area contributed by atoms with Crippen LogP contribution >= 0.6 is 11.6 Å². The van der Waals surface area contributed by atoms with Gasteiger partial charge in [-0.25, -0.2) is 0 Å². The van der Waals surface area contributed by atoms with Crippen molar-refractivity contribution < 1.29 is 9.53 Å². The van der Waals surface area contributed by atoms with Crippen molar-refractivity contribution in [3.8, 4) is 5.75 Å². The van der Waals surface area contributed by atoms with Crippen molar-refractivity contribution in [1.82, 2.24) is 4.98 Å². The number of ether oxygens (including phenoxy) is 1. The molecule has 2 heterocycles. The lowest BCUT2D eigenvalue weighted by atomic mass is 10.2. The normalized spacial score (nSPS) is 14.2. The highest BCUT2D eigenvalue weighted by molar-refractivity contribution is 6.34. The molecule has 5 heteroatoms. The van der Waals surface area contributed by atoms with Gasteiger partial charge in [0.05, 0.1) is 22.9 Å². The Balaban J connectivity index is 2.02. The first-order valence-electron chi connectivity index (χ1n) is 6.40. The van der Waals surface area contributed by atoms with Crippen LogP contribution in [0.3, 0.4) is 0 Å². The number of anilines is 1. The number of carbonyl (C=O) groups excluding carboxylic acids is 1. The number of nitrogens with zero attached hydrogens (tertiary/aromatic N) is 2. The maximum Gasteiger partial charge on any atom is 0.261 e. The number of hydrogen-bond acceptors (Lipinski definition) is 3. The third-order valence-electron chi connectivity index (χ3n) is 3.18.